The summed E-state index contributed by atoms with van der Waals surface area (Å²) in [5.74, 6) is -0.289. The highest BCUT2D eigenvalue weighted by molar-refractivity contribution is 5.92. The lowest BCUT2D eigenvalue weighted by Gasteiger charge is -2.10. The first-order chi connectivity index (χ1) is 15.2. The number of nitrogens with zero attached hydrogens (tertiary/aromatic N) is 2. The number of aromatic hydroxyl groups is 1. The van der Waals surface area contributed by atoms with E-state index < -0.39 is 6.36 Å². The molecule has 4 rings (SSSR count). The van der Waals surface area contributed by atoms with Crippen LogP contribution in [-0.2, 0) is 11.3 Å². The Morgan fingerprint density at radius 1 is 1.16 bits per heavy atom. The number of aryl methyl sites for hydroxylation is 1. The number of fused-ring (bicyclic) bond motifs is 1. The minimum atomic E-state index is -4.75. The highest BCUT2D eigenvalue weighted by Gasteiger charge is 2.31. The van der Waals surface area contributed by atoms with Gasteiger partial charge in [-0.25, -0.2) is 0 Å². The van der Waals surface area contributed by atoms with Gasteiger partial charge in [0.05, 0.1) is 23.3 Å². The number of carbonyl (C=O) groups is 1. The number of carbonyl (C=O) groups excluding carboxylic acids is 1. The van der Waals surface area contributed by atoms with Gasteiger partial charge in [0, 0.05) is 22.8 Å². The van der Waals surface area contributed by atoms with Gasteiger partial charge in [-0.3, -0.25) is 9.78 Å². The quantitative estimate of drug-likeness (QED) is 0.402. The van der Waals surface area contributed by atoms with E-state index in [1.807, 2.05) is 12.1 Å². The number of alkyl halides is 3. The maximum absolute atomic E-state index is 12.3. The zero-order valence-electron chi connectivity index (χ0n) is 16.8. The first kappa shape index (κ1) is 21.2. The van der Waals surface area contributed by atoms with Crippen LogP contribution in [0.3, 0.4) is 0 Å². The fourth-order valence-electron chi connectivity index (χ4n) is 3.56. The Morgan fingerprint density at radius 3 is 2.59 bits per heavy atom. The van der Waals surface area contributed by atoms with E-state index in [4.69, 9.17) is 0 Å². The number of benzene rings is 2. The van der Waals surface area contributed by atoms with Crippen molar-refractivity contribution in [1.82, 2.24) is 9.55 Å². The molecule has 164 valence electrons. The number of amides is 1. The Bertz CT molecular complexity index is 1280. The molecule has 9 heteroatoms. The largest absolute Gasteiger partial charge is 0.573 e. The van der Waals surface area contributed by atoms with Gasteiger partial charge in [0.2, 0.25) is 12.3 Å². The van der Waals surface area contributed by atoms with Crippen molar-refractivity contribution in [2.75, 3.05) is 5.32 Å². The Morgan fingerprint density at radius 2 is 1.91 bits per heavy atom. The number of hydrogen-bond donors (Lipinski definition) is 2. The predicted molar refractivity (Wildman–Crippen MR) is 113 cm³/mol. The number of nitrogens with one attached hydrogen (secondary N) is 1. The molecular formula is C23H18F3N3O3. The van der Waals surface area contributed by atoms with E-state index in [1.165, 1.54) is 24.3 Å². The number of aromatic nitrogens is 2. The maximum Gasteiger partial charge on any atom is 0.573 e. The first-order valence-electron chi connectivity index (χ1n) is 9.58. The topological polar surface area (TPSA) is 76.4 Å². The average Bonchev–Trinajstić information content (AvgIpc) is 3.04. The SMILES string of the molecule is Cc1nc(-c2cccc(NC=O)c2)cc2cn(Cc3ccc(OC(F)(F)F)cc3)c(O)c12. The van der Waals surface area contributed by atoms with Crippen molar-refractivity contribution < 1.29 is 27.8 Å². The molecule has 0 fully saturated rings. The smallest absolute Gasteiger partial charge is 0.494 e. The fourth-order valence-corrected chi connectivity index (χ4v) is 3.56. The van der Waals surface area contributed by atoms with Gasteiger partial charge >= 0.3 is 6.36 Å². The van der Waals surface area contributed by atoms with Gasteiger partial charge in [-0.2, -0.15) is 0 Å². The van der Waals surface area contributed by atoms with Crippen molar-refractivity contribution >= 4 is 22.9 Å². The molecule has 0 spiro atoms. The van der Waals surface area contributed by atoms with Crippen molar-refractivity contribution in [1.29, 1.82) is 0 Å². The molecule has 32 heavy (non-hydrogen) atoms. The van der Waals surface area contributed by atoms with Gasteiger partial charge in [-0.05, 0) is 42.8 Å². The lowest BCUT2D eigenvalue weighted by atomic mass is 10.1. The third kappa shape index (κ3) is 4.51. The van der Waals surface area contributed by atoms with Crippen LogP contribution in [0.2, 0.25) is 0 Å². The summed E-state index contributed by atoms with van der Waals surface area (Å²) in [4.78, 5) is 15.3. The van der Waals surface area contributed by atoms with Crippen LogP contribution < -0.4 is 10.1 Å². The van der Waals surface area contributed by atoms with Gasteiger partial charge in [-0.15, -0.1) is 13.2 Å². The summed E-state index contributed by atoms with van der Waals surface area (Å²) >= 11 is 0. The molecule has 0 radical (unpaired) electrons. The number of pyridine rings is 1. The molecule has 2 aromatic carbocycles. The molecule has 2 aromatic heterocycles. The molecule has 1 amide bonds. The molecule has 0 bridgehead atoms. The molecule has 6 nitrogen and oxygen atoms in total. The summed E-state index contributed by atoms with van der Waals surface area (Å²) in [7, 11) is 0. The number of ether oxygens (including phenoxy) is 1. The van der Waals surface area contributed by atoms with E-state index in [2.05, 4.69) is 15.0 Å². The third-order valence-electron chi connectivity index (χ3n) is 4.92. The predicted octanol–water partition coefficient (Wildman–Crippen LogP) is 5.23. The highest BCUT2D eigenvalue weighted by Crippen LogP contribution is 2.33. The van der Waals surface area contributed by atoms with Crippen LogP contribution in [0, 0.1) is 6.92 Å². The van der Waals surface area contributed by atoms with Gasteiger partial charge < -0.3 is 19.7 Å². The zero-order valence-corrected chi connectivity index (χ0v) is 16.8. The van der Waals surface area contributed by atoms with Crippen LogP contribution in [0.1, 0.15) is 11.3 Å². The summed E-state index contributed by atoms with van der Waals surface area (Å²) in [5, 5.41) is 14.7. The summed E-state index contributed by atoms with van der Waals surface area (Å²) in [6.45, 7) is 2.03. The fraction of sp³-hybridized carbons (Fsp3) is 0.130. The number of hydrogen-bond acceptors (Lipinski definition) is 4. The van der Waals surface area contributed by atoms with Crippen LogP contribution in [0.5, 0.6) is 11.6 Å². The normalized spacial score (nSPS) is 11.5. The van der Waals surface area contributed by atoms with E-state index in [9.17, 15) is 23.1 Å². The van der Waals surface area contributed by atoms with Crippen molar-refractivity contribution in [2.24, 2.45) is 0 Å². The second kappa shape index (κ2) is 8.26. The highest BCUT2D eigenvalue weighted by atomic mass is 19.4. The standard InChI is InChI=1S/C23H18F3N3O3/c1-14-21-17(10-20(28-14)16-3-2-4-18(9-16)27-13-30)12-29(22(21)31)11-15-5-7-19(8-6-15)32-23(24,25)26/h2-10,12-13,31H,11H2,1H3,(H,27,30). The van der Waals surface area contributed by atoms with Gasteiger partial charge in [0.1, 0.15) is 5.75 Å². The molecule has 2 N–H and O–H groups in total. The molecule has 0 aliphatic heterocycles. The summed E-state index contributed by atoms with van der Waals surface area (Å²) in [6, 6.07) is 14.5. The van der Waals surface area contributed by atoms with Crippen LogP contribution in [0.25, 0.3) is 22.0 Å². The Hall–Kier alpha value is -4.01. The summed E-state index contributed by atoms with van der Waals surface area (Å²) in [5.41, 5.74) is 3.42. The minimum absolute atomic E-state index is 0.0172. The van der Waals surface area contributed by atoms with E-state index in [1.54, 1.807) is 35.9 Å². The molecule has 0 aliphatic rings. The van der Waals surface area contributed by atoms with E-state index in [-0.39, 0.29) is 18.2 Å². The molecule has 0 aliphatic carbocycles. The van der Waals surface area contributed by atoms with Gasteiger partial charge in [0.25, 0.3) is 0 Å². The Balaban J connectivity index is 1.64. The average molecular weight is 441 g/mol. The Labute approximate surface area is 180 Å². The van der Waals surface area contributed by atoms with Gasteiger partial charge in [0.15, 0.2) is 0 Å². The van der Waals surface area contributed by atoms with Crippen LogP contribution in [-0.4, -0.2) is 27.4 Å². The van der Waals surface area contributed by atoms with Crippen molar-refractivity contribution in [3.05, 3.63) is 72.1 Å². The molecular weight excluding hydrogens is 423 g/mol. The lowest BCUT2D eigenvalue weighted by Crippen LogP contribution is -2.17. The van der Waals surface area contributed by atoms with E-state index >= 15 is 0 Å². The molecule has 0 saturated heterocycles. The van der Waals surface area contributed by atoms with Crippen molar-refractivity contribution in [2.45, 2.75) is 19.8 Å². The third-order valence-corrected chi connectivity index (χ3v) is 4.92. The van der Waals surface area contributed by atoms with E-state index in [0.717, 1.165) is 10.9 Å². The second-order valence-electron chi connectivity index (χ2n) is 7.17. The van der Waals surface area contributed by atoms with Gasteiger partial charge in [-0.1, -0.05) is 24.3 Å². The van der Waals surface area contributed by atoms with E-state index in [0.29, 0.717) is 34.4 Å². The maximum atomic E-state index is 12.3. The summed E-state index contributed by atoms with van der Waals surface area (Å²) < 4.78 is 42.5. The number of rotatable bonds is 6. The summed E-state index contributed by atoms with van der Waals surface area (Å²) in [6.07, 6.45) is -2.39. The number of halogens is 3. The Kier molecular flexibility index (Phi) is 5.48. The lowest BCUT2D eigenvalue weighted by molar-refractivity contribution is -0.274. The second-order valence-corrected chi connectivity index (χ2v) is 7.17. The van der Waals surface area contributed by atoms with Crippen LogP contribution >= 0.6 is 0 Å². The first-order valence-corrected chi connectivity index (χ1v) is 9.58. The number of anilines is 1. The van der Waals surface area contributed by atoms with Crippen molar-refractivity contribution in [3.63, 3.8) is 0 Å². The van der Waals surface area contributed by atoms with Crippen LogP contribution in [0.15, 0.2) is 60.8 Å². The molecule has 0 saturated carbocycles. The molecule has 4 aromatic rings. The molecule has 0 unspecified atom stereocenters. The monoisotopic (exact) mass is 441 g/mol. The molecule has 2 heterocycles. The molecule has 0 atom stereocenters. The van der Waals surface area contributed by atoms with Crippen molar-refractivity contribution in [3.8, 4) is 22.9 Å². The minimum Gasteiger partial charge on any atom is -0.494 e. The zero-order chi connectivity index (χ0) is 22.9. The van der Waals surface area contributed by atoms with Crippen LogP contribution in [0.4, 0.5) is 18.9 Å².